The smallest absolute Gasteiger partial charge is 0.235 e. The minimum atomic E-state index is -0.259. The molecule has 0 aromatic carbocycles. The predicted octanol–water partition coefficient (Wildman–Crippen LogP) is -0.542. The van der Waals surface area contributed by atoms with E-state index in [9.17, 15) is 9.90 Å². The Balaban J connectivity index is 2.36. The fraction of sp³-hybridized carbons (Fsp3) is 0.900. The summed E-state index contributed by atoms with van der Waals surface area (Å²) in [6.45, 7) is 5.66. The molecule has 1 saturated heterocycles. The minimum Gasteiger partial charge on any atom is -0.393 e. The number of aliphatic hydroxyl groups excluding tert-OH is 1. The number of hydrogen-bond donors (Lipinski definition) is 3. The molecule has 4 N–H and O–H groups in total. The molecule has 0 aromatic rings. The van der Waals surface area contributed by atoms with Crippen LogP contribution in [0, 0.1) is 5.92 Å². The first kappa shape index (κ1) is 12.4. The van der Waals surface area contributed by atoms with Crippen molar-refractivity contribution in [1.29, 1.82) is 0 Å². The van der Waals surface area contributed by atoms with Crippen LogP contribution in [0.5, 0.6) is 0 Å². The molecule has 1 amide bonds. The Kier molecular flexibility index (Phi) is 4.50. The zero-order valence-electron chi connectivity index (χ0n) is 9.44. The van der Waals surface area contributed by atoms with E-state index < -0.39 is 0 Å². The number of nitrogens with one attached hydrogen (secondary N) is 1. The lowest BCUT2D eigenvalue weighted by Crippen LogP contribution is -2.39. The van der Waals surface area contributed by atoms with E-state index in [2.05, 4.69) is 10.3 Å². The number of carbonyl (C=O) groups is 1. The number of aliphatic hydroxyl groups is 1. The Hall–Kier alpha value is -0.650. The van der Waals surface area contributed by atoms with E-state index >= 15 is 0 Å². The highest BCUT2D eigenvalue weighted by atomic mass is 16.3. The topological polar surface area (TPSA) is 78.6 Å². The van der Waals surface area contributed by atoms with Crippen LogP contribution in [0.25, 0.3) is 0 Å². The Labute approximate surface area is 90.6 Å². The molecular weight excluding hydrogens is 194 g/mol. The normalized spacial score (nSPS) is 26.3. The van der Waals surface area contributed by atoms with E-state index in [1.807, 2.05) is 13.8 Å². The zero-order chi connectivity index (χ0) is 11.4. The second kappa shape index (κ2) is 5.44. The van der Waals surface area contributed by atoms with Gasteiger partial charge in [0.2, 0.25) is 5.91 Å². The van der Waals surface area contributed by atoms with Crippen molar-refractivity contribution in [2.45, 2.75) is 38.8 Å². The minimum absolute atomic E-state index is 0.136. The maximum atomic E-state index is 11.1. The van der Waals surface area contributed by atoms with Crippen LogP contribution in [0.3, 0.4) is 0 Å². The van der Waals surface area contributed by atoms with Gasteiger partial charge in [-0.2, -0.15) is 0 Å². The third kappa shape index (κ3) is 3.44. The average Bonchev–Trinajstić information content (AvgIpc) is 2.66. The SMILES string of the molecule is CC(O)C1CCN(C(C)CC(=O)NN)C1. The second-order valence-electron chi connectivity index (χ2n) is 4.40. The molecule has 1 rings (SSSR count). The molecule has 0 aliphatic carbocycles. The lowest BCUT2D eigenvalue weighted by Gasteiger charge is -2.24. The average molecular weight is 215 g/mol. The van der Waals surface area contributed by atoms with Gasteiger partial charge in [-0.15, -0.1) is 0 Å². The van der Waals surface area contributed by atoms with Gasteiger partial charge in [-0.3, -0.25) is 15.1 Å². The van der Waals surface area contributed by atoms with Crippen LogP contribution in [-0.2, 0) is 4.79 Å². The fourth-order valence-corrected chi connectivity index (χ4v) is 2.07. The molecule has 15 heavy (non-hydrogen) atoms. The molecule has 5 heteroatoms. The molecular formula is C10H21N3O2. The molecule has 0 radical (unpaired) electrons. The molecule has 3 unspecified atom stereocenters. The highest BCUT2D eigenvalue weighted by Crippen LogP contribution is 2.22. The Morgan fingerprint density at radius 2 is 2.33 bits per heavy atom. The number of nitrogens with two attached hydrogens (primary N) is 1. The molecule has 1 aliphatic heterocycles. The first-order valence-electron chi connectivity index (χ1n) is 5.46. The largest absolute Gasteiger partial charge is 0.393 e. The van der Waals surface area contributed by atoms with Gasteiger partial charge < -0.3 is 5.11 Å². The number of hydrogen-bond acceptors (Lipinski definition) is 4. The number of hydrazine groups is 1. The number of amides is 1. The quantitative estimate of drug-likeness (QED) is 0.334. The monoisotopic (exact) mass is 215 g/mol. The van der Waals surface area contributed by atoms with Gasteiger partial charge in [0.05, 0.1) is 6.10 Å². The maximum absolute atomic E-state index is 11.1. The number of carbonyl (C=O) groups excluding carboxylic acids is 1. The van der Waals surface area contributed by atoms with Gasteiger partial charge in [0.25, 0.3) is 0 Å². The van der Waals surface area contributed by atoms with Crippen molar-refractivity contribution in [3.63, 3.8) is 0 Å². The Morgan fingerprint density at radius 3 is 2.80 bits per heavy atom. The fourth-order valence-electron chi connectivity index (χ4n) is 2.07. The van der Waals surface area contributed by atoms with Gasteiger partial charge in [0.1, 0.15) is 0 Å². The van der Waals surface area contributed by atoms with E-state index in [-0.39, 0.29) is 18.1 Å². The van der Waals surface area contributed by atoms with Crippen LogP contribution in [0.1, 0.15) is 26.7 Å². The molecule has 5 nitrogen and oxygen atoms in total. The van der Waals surface area contributed by atoms with Crippen LogP contribution in [0.2, 0.25) is 0 Å². The van der Waals surface area contributed by atoms with Crippen molar-refractivity contribution in [2.24, 2.45) is 11.8 Å². The first-order valence-corrected chi connectivity index (χ1v) is 5.46. The summed E-state index contributed by atoms with van der Waals surface area (Å²) in [4.78, 5) is 13.3. The molecule has 1 aliphatic rings. The zero-order valence-corrected chi connectivity index (χ0v) is 9.44. The van der Waals surface area contributed by atoms with Crippen molar-refractivity contribution in [3.05, 3.63) is 0 Å². The first-order chi connectivity index (χ1) is 7.04. The third-order valence-corrected chi connectivity index (χ3v) is 3.20. The van der Waals surface area contributed by atoms with Gasteiger partial charge in [-0.25, -0.2) is 5.84 Å². The molecule has 1 heterocycles. The summed E-state index contributed by atoms with van der Waals surface area (Å²) in [5, 5.41) is 9.45. The second-order valence-corrected chi connectivity index (χ2v) is 4.40. The van der Waals surface area contributed by atoms with Gasteiger partial charge in [0.15, 0.2) is 0 Å². The highest BCUT2D eigenvalue weighted by Gasteiger charge is 2.29. The molecule has 3 atom stereocenters. The molecule has 0 aromatic heterocycles. The summed E-state index contributed by atoms with van der Waals surface area (Å²) in [7, 11) is 0. The molecule has 1 fully saturated rings. The summed E-state index contributed by atoms with van der Waals surface area (Å²) in [6, 6.07) is 0.192. The number of rotatable bonds is 4. The number of likely N-dealkylation sites (tertiary alicyclic amines) is 1. The summed E-state index contributed by atoms with van der Waals surface area (Å²) < 4.78 is 0. The van der Waals surface area contributed by atoms with Crippen molar-refractivity contribution < 1.29 is 9.90 Å². The summed E-state index contributed by atoms with van der Waals surface area (Å²) >= 11 is 0. The molecule has 0 saturated carbocycles. The standard InChI is InChI=1S/C10H21N3O2/c1-7(5-10(15)12-11)13-4-3-9(6-13)8(2)14/h7-9,14H,3-6,11H2,1-2H3,(H,12,15). The number of nitrogens with zero attached hydrogens (tertiary/aromatic N) is 1. The predicted molar refractivity (Wildman–Crippen MR) is 57.8 cm³/mol. The van der Waals surface area contributed by atoms with Gasteiger partial charge in [0, 0.05) is 19.0 Å². The van der Waals surface area contributed by atoms with Crippen LogP contribution >= 0.6 is 0 Å². The summed E-state index contributed by atoms with van der Waals surface area (Å²) in [5.41, 5.74) is 2.14. The van der Waals surface area contributed by atoms with Crippen LogP contribution in [0.4, 0.5) is 0 Å². The molecule has 88 valence electrons. The van der Waals surface area contributed by atoms with Gasteiger partial charge in [-0.05, 0) is 32.7 Å². The van der Waals surface area contributed by atoms with Crippen LogP contribution in [0.15, 0.2) is 0 Å². The van der Waals surface area contributed by atoms with E-state index in [0.717, 1.165) is 19.5 Å². The van der Waals surface area contributed by atoms with Crippen molar-refractivity contribution in [1.82, 2.24) is 10.3 Å². The van der Waals surface area contributed by atoms with Crippen molar-refractivity contribution >= 4 is 5.91 Å². The lowest BCUT2D eigenvalue weighted by atomic mass is 10.0. The molecule has 0 bridgehead atoms. The Bertz CT molecular complexity index is 221. The van der Waals surface area contributed by atoms with Crippen molar-refractivity contribution in [3.8, 4) is 0 Å². The van der Waals surface area contributed by atoms with Crippen LogP contribution in [-0.4, -0.2) is 41.1 Å². The highest BCUT2D eigenvalue weighted by molar-refractivity contribution is 5.75. The summed E-state index contributed by atoms with van der Waals surface area (Å²) in [6.07, 6.45) is 1.17. The molecule has 0 spiro atoms. The van der Waals surface area contributed by atoms with E-state index in [1.165, 1.54) is 0 Å². The van der Waals surface area contributed by atoms with E-state index in [4.69, 9.17) is 5.84 Å². The third-order valence-electron chi connectivity index (χ3n) is 3.20. The van der Waals surface area contributed by atoms with Crippen LogP contribution < -0.4 is 11.3 Å². The van der Waals surface area contributed by atoms with E-state index in [1.54, 1.807) is 0 Å². The Morgan fingerprint density at radius 1 is 1.67 bits per heavy atom. The lowest BCUT2D eigenvalue weighted by molar-refractivity contribution is -0.122. The van der Waals surface area contributed by atoms with E-state index in [0.29, 0.717) is 12.3 Å². The van der Waals surface area contributed by atoms with Gasteiger partial charge >= 0.3 is 0 Å². The van der Waals surface area contributed by atoms with Crippen molar-refractivity contribution in [2.75, 3.05) is 13.1 Å². The maximum Gasteiger partial charge on any atom is 0.235 e. The summed E-state index contributed by atoms with van der Waals surface area (Å²) in [5.74, 6) is 5.24. The van der Waals surface area contributed by atoms with Gasteiger partial charge in [-0.1, -0.05) is 0 Å².